The third kappa shape index (κ3) is 4.97. The van der Waals surface area contributed by atoms with E-state index in [1.807, 2.05) is 0 Å². The number of aromatic nitrogens is 2. The SMILES string of the molecule is COCCOc1ccc(Nc2nccc(C(F)(F)F)n2)cc1Cl. The average Bonchev–Trinajstić information content (AvgIpc) is 2.49. The summed E-state index contributed by atoms with van der Waals surface area (Å²) < 4.78 is 48.1. The zero-order valence-corrected chi connectivity index (χ0v) is 12.8. The highest BCUT2D eigenvalue weighted by molar-refractivity contribution is 6.32. The predicted octanol–water partition coefficient (Wildman–Crippen LogP) is 3.92. The van der Waals surface area contributed by atoms with E-state index < -0.39 is 11.9 Å². The van der Waals surface area contributed by atoms with Gasteiger partial charge in [0.05, 0.1) is 11.6 Å². The molecule has 0 fully saturated rings. The van der Waals surface area contributed by atoms with Crippen LogP contribution >= 0.6 is 11.6 Å². The lowest BCUT2D eigenvalue weighted by Crippen LogP contribution is -2.10. The molecule has 2 aromatic rings. The van der Waals surface area contributed by atoms with Gasteiger partial charge in [-0.2, -0.15) is 13.2 Å². The number of ether oxygens (including phenoxy) is 2. The van der Waals surface area contributed by atoms with E-state index in [0.717, 1.165) is 12.3 Å². The molecule has 23 heavy (non-hydrogen) atoms. The van der Waals surface area contributed by atoms with Gasteiger partial charge in [-0.15, -0.1) is 0 Å². The molecule has 0 saturated heterocycles. The van der Waals surface area contributed by atoms with Gasteiger partial charge in [0.2, 0.25) is 5.95 Å². The van der Waals surface area contributed by atoms with Gasteiger partial charge in [0, 0.05) is 19.0 Å². The molecule has 124 valence electrons. The topological polar surface area (TPSA) is 56.3 Å². The molecular formula is C14H13ClF3N3O2. The first-order valence-electron chi connectivity index (χ1n) is 6.48. The normalized spacial score (nSPS) is 11.3. The maximum Gasteiger partial charge on any atom is 0.433 e. The monoisotopic (exact) mass is 347 g/mol. The van der Waals surface area contributed by atoms with Gasteiger partial charge in [-0.25, -0.2) is 9.97 Å². The fourth-order valence-electron chi connectivity index (χ4n) is 1.64. The molecule has 9 heteroatoms. The minimum atomic E-state index is -4.53. The highest BCUT2D eigenvalue weighted by atomic mass is 35.5. The minimum Gasteiger partial charge on any atom is -0.490 e. The molecule has 0 spiro atoms. The Hall–Kier alpha value is -2.06. The number of rotatable bonds is 6. The third-order valence-electron chi connectivity index (χ3n) is 2.68. The lowest BCUT2D eigenvalue weighted by atomic mass is 10.3. The van der Waals surface area contributed by atoms with Gasteiger partial charge >= 0.3 is 6.18 Å². The van der Waals surface area contributed by atoms with Crippen LogP contribution in [0.25, 0.3) is 0 Å². The molecule has 0 bridgehead atoms. The van der Waals surface area contributed by atoms with E-state index in [1.165, 1.54) is 6.07 Å². The van der Waals surface area contributed by atoms with E-state index in [1.54, 1.807) is 19.2 Å². The smallest absolute Gasteiger partial charge is 0.433 e. The number of benzene rings is 1. The van der Waals surface area contributed by atoms with Crippen LogP contribution < -0.4 is 10.1 Å². The summed E-state index contributed by atoms with van der Waals surface area (Å²) in [6.07, 6.45) is -3.50. The maximum atomic E-state index is 12.6. The van der Waals surface area contributed by atoms with Crippen LogP contribution in [-0.2, 0) is 10.9 Å². The number of hydrogen-bond donors (Lipinski definition) is 1. The number of halogens is 4. The summed E-state index contributed by atoms with van der Waals surface area (Å²) in [5, 5.41) is 2.97. The van der Waals surface area contributed by atoms with Crippen LogP contribution in [0.5, 0.6) is 5.75 Å². The molecule has 0 radical (unpaired) electrons. The summed E-state index contributed by atoms with van der Waals surface area (Å²) in [4.78, 5) is 7.16. The van der Waals surface area contributed by atoms with Crippen molar-refractivity contribution in [1.29, 1.82) is 0 Å². The summed E-state index contributed by atoms with van der Waals surface area (Å²) in [6, 6.07) is 5.49. The van der Waals surface area contributed by atoms with E-state index in [2.05, 4.69) is 15.3 Å². The van der Waals surface area contributed by atoms with Gasteiger partial charge in [-0.1, -0.05) is 11.6 Å². The van der Waals surface area contributed by atoms with Gasteiger partial charge in [0.1, 0.15) is 18.1 Å². The summed E-state index contributed by atoms with van der Waals surface area (Å²) in [5.74, 6) is 0.267. The highest BCUT2D eigenvalue weighted by Crippen LogP contribution is 2.30. The number of nitrogens with one attached hydrogen (secondary N) is 1. The van der Waals surface area contributed by atoms with E-state index in [-0.39, 0.29) is 5.95 Å². The zero-order chi connectivity index (χ0) is 16.9. The molecule has 2 rings (SSSR count). The Kier molecular flexibility index (Phi) is 5.62. The largest absolute Gasteiger partial charge is 0.490 e. The third-order valence-corrected chi connectivity index (χ3v) is 2.97. The van der Waals surface area contributed by atoms with Crippen molar-refractivity contribution in [2.75, 3.05) is 25.6 Å². The first-order chi connectivity index (χ1) is 10.9. The minimum absolute atomic E-state index is 0.177. The van der Waals surface area contributed by atoms with Crippen LogP contribution in [0.2, 0.25) is 5.02 Å². The fourth-order valence-corrected chi connectivity index (χ4v) is 1.87. The average molecular weight is 348 g/mol. The van der Waals surface area contributed by atoms with Crippen LogP contribution in [0.4, 0.5) is 24.8 Å². The Labute approximate surface area is 135 Å². The van der Waals surface area contributed by atoms with E-state index in [0.29, 0.717) is 29.7 Å². The van der Waals surface area contributed by atoms with Crippen LogP contribution in [0.3, 0.4) is 0 Å². The van der Waals surface area contributed by atoms with Crippen molar-refractivity contribution in [2.24, 2.45) is 0 Å². The molecule has 0 aliphatic rings. The van der Waals surface area contributed by atoms with Gasteiger partial charge in [0.25, 0.3) is 0 Å². The molecule has 0 amide bonds. The van der Waals surface area contributed by atoms with Gasteiger partial charge in [0.15, 0.2) is 0 Å². The molecule has 0 aliphatic carbocycles. The highest BCUT2D eigenvalue weighted by Gasteiger charge is 2.32. The van der Waals surface area contributed by atoms with Crippen molar-refractivity contribution in [2.45, 2.75) is 6.18 Å². The van der Waals surface area contributed by atoms with Crippen LogP contribution in [-0.4, -0.2) is 30.3 Å². The Morgan fingerprint density at radius 1 is 1.22 bits per heavy atom. The molecule has 1 aromatic carbocycles. The standard InChI is InChI=1S/C14H13ClF3N3O2/c1-22-6-7-23-11-3-2-9(8-10(11)15)20-13-19-5-4-12(21-13)14(16,17)18/h2-5,8H,6-7H2,1H3,(H,19,20,21). The molecular weight excluding hydrogens is 335 g/mol. The van der Waals surface area contributed by atoms with Gasteiger partial charge in [-0.3, -0.25) is 0 Å². The Morgan fingerprint density at radius 3 is 2.65 bits per heavy atom. The molecule has 0 aliphatic heterocycles. The zero-order valence-electron chi connectivity index (χ0n) is 12.0. The lowest BCUT2D eigenvalue weighted by Gasteiger charge is -2.11. The Balaban J connectivity index is 2.10. The van der Waals surface area contributed by atoms with Gasteiger partial charge in [-0.05, 0) is 24.3 Å². The van der Waals surface area contributed by atoms with Crippen LogP contribution in [0.15, 0.2) is 30.5 Å². The fraction of sp³-hybridized carbons (Fsp3) is 0.286. The number of nitrogens with zero attached hydrogens (tertiary/aromatic N) is 2. The van der Waals surface area contributed by atoms with E-state index >= 15 is 0 Å². The molecule has 1 aromatic heterocycles. The van der Waals surface area contributed by atoms with Crippen molar-refractivity contribution in [1.82, 2.24) is 9.97 Å². The molecule has 1 heterocycles. The van der Waals surface area contributed by atoms with Crippen LogP contribution in [0, 0.1) is 0 Å². The summed E-state index contributed by atoms with van der Waals surface area (Å²) in [6.45, 7) is 0.744. The molecule has 0 atom stereocenters. The van der Waals surface area contributed by atoms with E-state index in [4.69, 9.17) is 21.1 Å². The van der Waals surface area contributed by atoms with Crippen molar-refractivity contribution in [3.05, 3.63) is 41.2 Å². The number of hydrogen-bond acceptors (Lipinski definition) is 5. The summed E-state index contributed by atoms with van der Waals surface area (Å²) >= 11 is 6.05. The second kappa shape index (κ2) is 7.47. The number of alkyl halides is 3. The first-order valence-corrected chi connectivity index (χ1v) is 6.86. The van der Waals surface area contributed by atoms with Gasteiger partial charge < -0.3 is 14.8 Å². The second-order valence-corrected chi connectivity index (χ2v) is 4.78. The van der Waals surface area contributed by atoms with Crippen molar-refractivity contribution >= 4 is 23.2 Å². The summed E-state index contributed by atoms with van der Waals surface area (Å²) in [5.41, 5.74) is -0.589. The molecule has 0 unspecified atom stereocenters. The number of methoxy groups -OCH3 is 1. The van der Waals surface area contributed by atoms with E-state index in [9.17, 15) is 13.2 Å². The Bertz CT molecular complexity index is 668. The maximum absolute atomic E-state index is 12.6. The van der Waals surface area contributed by atoms with Crippen molar-refractivity contribution < 1.29 is 22.6 Å². The molecule has 1 N–H and O–H groups in total. The number of anilines is 2. The molecule has 5 nitrogen and oxygen atoms in total. The first kappa shape index (κ1) is 17.3. The van der Waals surface area contributed by atoms with Crippen molar-refractivity contribution in [3.63, 3.8) is 0 Å². The Morgan fingerprint density at radius 2 is 2.00 bits per heavy atom. The van der Waals surface area contributed by atoms with Crippen LogP contribution in [0.1, 0.15) is 5.69 Å². The molecule has 0 saturated carbocycles. The predicted molar refractivity (Wildman–Crippen MR) is 79.1 cm³/mol. The second-order valence-electron chi connectivity index (χ2n) is 4.37. The summed E-state index contributed by atoms with van der Waals surface area (Å²) in [7, 11) is 1.55. The quantitative estimate of drug-likeness (QED) is 0.803. The lowest BCUT2D eigenvalue weighted by molar-refractivity contribution is -0.141. The van der Waals surface area contributed by atoms with Crippen molar-refractivity contribution in [3.8, 4) is 5.75 Å².